The number of hydrogen-bond acceptors (Lipinski definition) is 3. The Hall–Kier alpha value is -0.830. The molecule has 0 aromatic heterocycles. The maximum absolute atomic E-state index is 12.2. The van der Waals surface area contributed by atoms with Crippen LogP contribution in [0.5, 0.6) is 0 Å². The van der Waals surface area contributed by atoms with Crippen molar-refractivity contribution in [3.63, 3.8) is 0 Å². The monoisotopic (exact) mass is 386 g/mol. The van der Waals surface area contributed by atoms with E-state index in [1.807, 2.05) is 0 Å². The van der Waals surface area contributed by atoms with Crippen LogP contribution in [0.25, 0.3) is 0 Å². The van der Waals surface area contributed by atoms with Crippen molar-refractivity contribution in [3.8, 4) is 0 Å². The minimum atomic E-state index is -0.348. The van der Waals surface area contributed by atoms with Crippen LogP contribution in [0.3, 0.4) is 0 Å². The molecule has 5 aliphatic rings. The van der Waals surface area contributed by atoms with Crippen molar-refractivity contribution >= 4 is 5.97 Å². The Balaban J connectivity index is 1.59. The van der Waals surface area contributed by atoms with Gasteiger partial charge in [0.25, 0.3) is 0 Å². The van der Waals surface area contributed by atoms with Crippen LogP contribution >= 0.6 is 0 Å². The highest BCUT2D eigenvalue weighted by atomic mass is 16.5. The van der Waals surface area contributed by atoms with Crippen LogP contribution in [-0.2, 0) is 9.53 Å². The molecule has 0 radical (unpaired) electrons. The number of allylic oxidation sites excluding steroid dienone is 1. The van der Waals surface area contributed by atoms with Crippen LogP contribution in [0.4, 0.5) is 0 Å². The maximum atomic E-state index is 12.2. The Labute approximate surface area is 170 Å². The lowest BCUT2D eigenvalue weighted by Crippen LogP contribution is -2.66. The minimum absolute atomic E-state index is 0.0693. The summed E-state index contributed by atoms with van der Waals surface area (Å²) in [6.45, 7) is 12.8. The first kappa shape index (κ1) is 19.2. The molecule has 1 aliphatic heterocycles. The lowest BCUT2D eigenvalue weighted by molar-refractivity contribution is -0.233. The molecule has 3 nitrogen and oxygen atoms in total. The van der Waals surface area contributed by atoms with Gasteiger partial charge in [-0.3, -0.25) is 0 Å². The van der Waals surface area contributed by atoms with Gasteiger partial charge in [-0.2, -0.15) is 0 Å². The van der Waals surface area contributed by atoms with Crippen molar-refractivity contribution in [2.75, 3.05) is 6.61 Å². The molecule has 156 valence electrons. The van der Waals surface area contributed by atoms with Crippen LogP contribution in [-0.4, -0.2) is 23.8 Å². The van der Waals surface area contributed by atoms with E-state index in [1.54, 1.807) is 0 Å². The number of carbonyl (C=O) groups excluding carboxylic acids is 1. The third-order valence-electron chi connectivity index (χ3n) is 10.9. The summed E-state index contributed by atoms with van der Waals surface area (Å²) in [6, 6.07) is 0. The van der Waals surface area contributed by atoms with E-state index in [2.05, 4.69) is 40.7 Å². The number of cyclic esters (lactones) is 1. The molecule has 3 heteroatoms. The molecular weight excluding hydrogens is 348 g/mol. The van der Waals surface area contributed by atoms with Gasteiger partial charge in [0.1, 0.15) is 0 Å². The zero-order chi connectivity index (χ0) is 20.1. The second-order valence-electron chi connectivity index (χ2n) is 12.2. The largest absolute Gasteiger partial charge is 0.462 e. The molecule has 8 atom stereocenters. The highest BCUT2D eigenvalue weighted by Gasteiger charge is 2.68. The normalized spacial score (nSPS) is 54.6. The zero-order valence-corrected chi connectivity index (χ0v) is 18.4. The number of aliphatic hydroxyl groups is 1. The van der Waals surface area contributed by atoms with Crippen molar-refractivity contribution in [2.24, 2.45) is 45.3 Å². The lowest BCUT2D eigenvalue weighted by Gasteiger charge is -2.70. The summed E-state index contributed by atoms with van der Waals surface area (Å²) in [5.74, 6) is 1.68. The first-order valence-corrected chi connectivity index (χ1v) is 11.6. The van der Waals surface area contributed by atoms with Crippen molar-refractivity contribution in [1.29, 1.82) is 0 Å². The third kappa shape index (κ3) is 2.13. The Morgan fingerprint density at radius 2 is 1.71 bits per heavy atom. The Morgan fingerprint density at radius 3 is 2.46 bits per heavy atom. The molecule has 0 aromatic rings. The molecule has 0 aromatic carbocycles. The Kier molecular flexibility index (Phi) is 3.86. The molecule has 1 saturated heterocycles. The van der Waals surface area contributed by atoms with Gasteiger partial charge in [-0.25, -0.2) is 4.79 Å². The molecule has 0 spiro atoms. The molecular formula is C25H38O3. The van der Waals surface area contributed by atoms with Crippen molar-refractivity contribution < 1.29 is 14.6 Å². The summed E-state index contributed by atoms with van der Waals surface area (Å²) in [5.41, 5.74) is 1.57. The van der Waals surface area contributed by atoms with E-state index >= 15 is 0 Å². The number of rotatable bonds is 0. The van der Waals surface area contributed by atoms with E-state index in [1.165, 1.54) is 32.1 Å². The zero-order valence-electron chi connectivity index (χ0n) is 18.4. The second kappa shape index (κ2) is 5.65. The number of aliphatic hydroxyl groups excluding tert-OH is 1. The first-order chi connectivity index (χ1) is 13.0. The van der Waals surface area contributed by atoms with Gasteiger partial charge in [0.2, 0.25) is 0 Å². The van der Waals surface area contributed by atoms with Crippen LogP contribution in [0.15, 0.2) is 11.6 Å². The van der Waals surface area contributed by atoms with Gasteiger partial charge in [-0.15, -0.1) is 0 Å². The number of carbonyl (C=O) groups is 1. The molecule has 28 heavy (non-hydrogen) atoms. The maximum Gasteiger partial charge on any atom is 0.334 e. The van der Waals surface area contributed by atoms with Crippen LogP contribution < -0.4 is 0 Å². The summed E-state index contributed by atoms with van der Waals surface area (Å²) < 4.78 is 5.45. The average molecular weight is 387 g/mol. The van der Waals surface area contributed by atoms with Crippen LogP contribution in [0.1, 0.15) is 79.6 Å². The van der Waals surface area contributed by atoms with Gasteiger partial charge < -0.3 is 9.84 Å². The molecule has 1 heterocycles. The molecule has 3 saturated carbocycles. The average Bonchev–Trinajstić information content (AvgIpc) is 2.99. The SMILES string of the molecule is CC1(C)CCC[C@@]2(C)C1CC[C@]1(C)C2C[C@@H](O)[C@@]2(C)C1CC=C1C(=O)OC[C@@H]12. The molecule has 4 aliphatic carbocycles. The second-order valence-corrected chi connectivity index (χ2v) is 12.2. The highest BCUT2D eigenvalue weighted by molar-refractivity contribution is 5.91. The van der Waals surface area contributed by atoms with E-state index in [-0.39, 0.29) is 28.8 Å². The van der Waals surface area contributed by atoms with Crippen LogP contribution in [0.2, 0.25) is 0 Å². The quantitative estimate of drug-likeness (QED) is 0.587. The van der Waals surface area contributed by atoms with Crippen molar-refractivity contribution in [2.45, 2.75) is 85.7 Å². The fraction of sp³-hybridized carbons (Fsp3) is 0.880. The molecule has 4 fully saturated rings. The standard InChI is InChI=1S/C25H38O3/c1-22(2)10-6-11-23(3)17(22)9-12-24(4)18-8-7-15-16(14-28-21(15)27)25(18,5)20(26)13-19(23)24/h7,16-20,26H,6,8-14H2,1-5H3/t16-,17?,18?,19?,20+,23-,24-,25+/m0/s1. The Bertz CT molecular complexity index is 738. The minimum Gasteiger partial charge on any atom is -0.462 e. The smallest absolute Gasteiger partial charge is 0.334 e. The number of esters is 1. The summed E-state index contributed by atoms with van der Waals surface area (Å²) in [5, 5.41) is 11.6. The fourth-order valence-electron chi connectivity index (χ4n) is 9.52. The number of ether oxygens (including phenoxy) is 1. The van der Waals surface area contributed by atoms with Gasteiger partial charge >= 0.3 is 5.97 Å². The highest BCUT2D eigenvalue weighted by Crippen LogP contribution is 2.73. The summed E-state index contributed by atoms with van der Waals surface area (Å²) >= 11 is 0. The molecule has 1 N–H and O–H groups in total. The predicted octanol–water partition coefficient (Wildman–Crippen LogP) is 5.13. The summed E-state index contributed by atoms with van der Waals surface area (Å²) in [7, 11) is 0. The van der Waals surface area contributed by atoms with E-state index in [9.17, 15) is 9.90 Å². The summed E-state index contributed by atoms with van der Waals surface area (Å²) in [6.07, 6.45) is 10.2. The summed E-state index contributed by atoms with van der Waals surface area (Å²) in [4.78, 5) is 12.2. The van der Waals surface area contributed by atoms with Crippen LogP contribution in [0, 0.1) is 45.3 Å². The molecule has 3 unspecified atom stereocenters. The van der Waals surface area contributed by atoms with Crippen molar-refractivity contribution in [1.82, 2.24) is 0 Å². The van der Waals surface area contributed by atoms with Gasteiger partial charge in [0.15, 0.2) is 0 Å². The van der Waals surface area contributed by atoms with E-state index in [4.69, 9.17) is 4.74 Å². The van der Waals surface area contributed by atoms with Gasteiger partial charge in [-0.1, -0.05) is 47.1 Å². The fourth-order valence-corrected chi connectivity index (χ4v) is 9.52. The van der Waals surface area contributed by atoms with E-state index in [0.29, 0.717) is 29.3 Å². The van der Waals surface area contributed by atoms with E-state index in [0.717, 1.165) is 24.3 Å². The van der Waals surface area contributed by atoms with Gasteiger partial charge in [0, 0.05) is 16.9 Å². The Morgan fingerprint density at radius 1 is 1.00 bits per heavy atom. The molecule has 5 rings (SSSR count). The van der Waals surface area contributed by atoms with Gasteiger partial charge in [-0.05, 0) is 72.5 Å². The molecule has 0 amide bonds. The lowest BCUT2D eigenvalue weighted by atomic mass is 9.35. The topological polar surface area (TPSA) is 46.5 Å². The number of fused-ring (bicyclic) bond motifs is 7. The van der Waals surface area contributed by atoms with E-state index < -0.39 is 0 Å². The van der Waals surface area contributed by atoms with Crippen molar-refractivity contribution in [3.05, 3.63) is 11.6 Å². The third-order valence-corrected chi connectivity index (χ3v) is 10.9. The predicted molar refractivity (Wildman–Crippen MR) is 109 cm³/mol. The number of hydrogen-bond donors (Lipinski definition) is 1. The molecule has 0 bridgehead atoms. The van der Waals surface area contributed by atoms with Gasteiger partial charge in [0.05, 0.1) is 12.7 Å². The first-order valence-electron chi connectivity index (χ1n) is 11.6.